The van der Waals surface area contributed by atoms with Crippen molar-refractivity contribution in [3.8, 4) is 0 Å². The van der Waals surface area contributed by atoms with E-state index in [1.165, 1.54) is 26.4 Å². The van der Waals surface area contributed by atoms with Crippen LogP contribution in [0.5, 0.6) is 0 Å². The molecule has 0 radical (unpaired) electrons. The van der Waals surface area contributed by atoms with Crippen molar-refractivity contribution in [2.75, 3.05) is 13.7 Å². The summed E-state index contributed by atoms with van der Waals surface area (Å²) in [6, 6.07) is 0. The van der Waals surface area contributed by atoms with Gasteiger partial charge in [-0.25, -0.2) is 8.98 Å². The summed E-state index contributed by atoms with van der Waals surface area (Å²) in [6.45, 7) is 9.44. The Bertz CT molecular complexity index is 904. The molecule has 2 aliphatic carbocycles. The molecule has 34 heavy (non-hydrogen) atoms. The first-order chi connectivity index (χ1) is 15.9. The van der Waals surface area contributed by atoms with E-state index >= 15 is 0 Å². The second kappa shape index (κ2) is 10.8. The van der Waals surface area contributed by atoms with Gasteiger partial charge in [-0.1, -0.05) is 39.3 Å². The van der Waals surface area contributed by atoms with Crippen molar-refractivity contribution in [2.24, 2.45) is 28.6 Å². The zero-order valence-electron chi connectivity index (χ0n) is 21.3. The fourth-order valence-electron chi connectivity index (χ4n) is 6.25. The predicted octanol–water partition coefficient (Wildman–Crippen LogP) is 5.63. The van der Waals surface area contributed by atoms with Crippen LogP contribution in [-0.4, -0.2) is 38.9 Å². The van der Waals surface area contributed by atoms with Crippen molar-refractivity contribution < 1.29 is 31.4 Å². The van der Waals surface area contributed by atoms with Gasteiger partial charge in [0.2, 0.25) is 6.29 Å². The monoisotopic (exact) mass is 498 g/mol. The van der Waals surface area contributed by atoms with Crippen LogP contribution in [0.2, 0.25) is 0 Å². The third-order valence-corrected chi connectivity index (χ3v) is 9.18. The van der Waals surface area contributed by atoms with Crippen molar-refractivity contribution in [3.63, 3.8) is 0 Å². The van der Waals surface area contributed by atoms with E-state index < -0.39 is 16.7 Å². The van der Waals surface area contributed by atoms with E-state index in [9.17, 15) is 13.2 Å². The van der Waals surface area contributed by atoms with Crippen LogP contribution in [0, 0.1) is 28.6 Å². The zero-order chi connectivity index (χ0) is 25.1. The van der Waals surface area contributed by atoms with Gasteiger partial charge < -0.3 is 9.47 Å². The highest BCUT2D eigenvalue weighted by Gasteiger charge is 2.47. The molecular formula is C26H42O7S. The van der Waals surface area contributed by atoms with E-state index in [0.29, 0.717) is 42.1 Å². The summed E-state index contributed by atoms with van der Waals surface area (Å²) >= 11 is 0. The van der Waals surface area contributed by atoms with Crippen LogP contribution in [-0.2, 0) is 28.9 Å². The van der Waals surface area contributed by atoms with Gasteiger partial charge in [-0.3, -0.25) is 4.55 Å². The van der Waals surface area contributed by atoms with Gasteiger partial charge >= 0.3 is 16.4 Å². The predicted molar refractivity (Wildman–Crippen MR) is 130 cm³/mol. The number of allylic oxidation sites excluding steroid dienone is 2. The van der Waals surface area contributed by atoms with Gasteiger partial charge in [-0.05, 0) is 92.4 Å². The Kier molecular flexibility index (Phi) is 8.70. The van der Waals surface area contributed by atoms with Crippen LogP contribution in [0.1, 0.15) is 85.5 Å². The number of hydrogen-bond acceptors (Lipinski definition) is 6. The van der Waals surface area contributed by atoms with E-state index in [4.69, 9.17) is 18.2 Å². The highest BCUT2D eigenvalue weighted by molar-refractivity contribution is 7.80. The molecule has 3 aliphatic rings. The fraction of sp³-hybridized carbons (Fsp3) is 0.808. The zero-order valence-corrected chi connectivity index (χ0v) is 22.2. The topological polar surface area (TPSA) is 99.1 Å². The average molecular weight is 499 g/mol. The minimum Gasteiger partial charge on any atom is -0.429 e. The van der Waals surface area contributed by atoms with Crippen molar-refractivity contribution in [2.45, 2.75) is 91.8 Å². The molecule has 0 bridgehead atoms. The molecule has 1 heterocycles. The first-order valence-corrected chi connectivity index (χ1v) is 14.0. The lowest BCUT2D eigenvalue weighted by Gasteiger charge is -2.53. The molecule has 1 fully saturated rings. The molecule has 0 aromatic rings. The maximum absolute atomic E-state index is 12.0. The summed E-state index contributed by atoms with van der Waals surface area (Å²) < 4.78 is 46.6. The summed E-state index contributed by atoms with van der Waals surface area (Å²) in [5.74, 6) is 0.749. The SMILES string of the molecule is COC1C=C(CCCC(CC[C@]2(C)C3=CCCC(C)(C)[C@@H]3CC[C@@H]2C)COS(=O)(=O)O)C(=O)O1. The van der Waals surface area contributed by atoms with E-state index in [-0.39, 0.29) is 23.9 Å². The summed E-state index contributed by atoms with van der Waals surface area (Å²) in [5.41, 5.74) is 2.55. The van der Waals surface area contributed by atoms with Gasteiger partial charge in [0.15, 0.2) is 0 Å². The summed E-state index contributed by atoms with van der Waals surface area (Å²) in [5, 5.41) is 0. The lowest BCUT2D eigenvalue weighted by atomic mass is 9.52. The number of ether oxygens (including phenoxy) is 2. The van der Waals surface area contributed by atoms with Gasteiger partial charge in [-0.15, -0.1) is 0 Å². The molecule has 0 spiro atoms. The number of fused-ring (bicyclic) bond motifs is 1. The van der Waals surface area contributed by atoms with Crippen LogP contribution >= 0.6 is 0 Å². The minimum absolute atomic E-state index is 0.0419. The van der Waals surface area contributed by atoms with Crippen molar-refractivity contribution in [1.82, 2.24) is 0 Å². The number of rotatable bonds is 11. The number of esters is 1. The first kappa shape index (κ1) is 27.4. The molecule has 1 N–H and O–H groups in total. The largest absolute Gasteiger partial charge is 0.429 e. The molecule has 0 aromatic carbocycles. The second-order valence-electron chi connectivity index (χ2n) is 11.3. The Labute approximate surface area is 205 Å². The van der Waals surface area contributed by atoms with E-state index in [1.807, 2.05) is 0 Å². The normalized spacial score (nSPS) is 31.9. The molecule has 0 aromatic heterocycles. The third kappa shape index (κ3) is 6.50. The lowest BCUT2D eigenvalue weighted by molar-refractivity contribution is -0.155. The molecule has 7 nitrogen and oxygen atoms in total. The van der Waals surface area contributed by atoms with E-state index in [0.717, 1.165) is 19.3 Å². The van der Waals surface area contributed by atoms with Gasteiger partial charge in [0.1, 0.15) is 0 Å². The van der Waals surface area contributed by atoms with Crippen LogP contribution in [0.4, 0.5) is 0 Å². The van der Waals surface area contributed by atoms with Gasteiger partial charge in [-0.2, -0.15) is 8.42 Å². The Morgan fingerprint density at radius 2 is 1.97 bits per heavy atom. The average Bonchev–Trinajstić information content (AvgIpc) is 3.11. The molecular weight excluding hydrogens is 456 g/mol. The number of cyclic esters (lactones) is 1. The quantitative estimate of drug-likeness (QED) is 0.224. The van der Waals surface area contributed by atoms with Crippen molar-refractivity contribution in [3.05, 3.63) is 23.3 Å². The van der Waals surface area contributed by atoms with Crippen LogP contribution in [0.15, 0.2) is 23.3 Å². The molecule has 3 rings (SSSR count). The Morgan fingerprint density at radius 3 is 2.62 bits per heavy atom. The van der Waals surface area contributed by atoms with Crippen LogP contribution < -0.4 is 0 Å². The molecule has 1 saturated carbocycles. The number of carbonyl (C=O) groups is 1. The fourth-order valence-corrected chi connectivity index (χ4v) is 6.62. The standard InChI is InChI=1S/C26H42O7S/c1-18-11-12-21-22(10-7-14-25(21,2)3)26(18,4)15-13-19(17-32-34(28,29)30)8-6-9-20-16-23(31-5)33-24(20)27/h10,16,18-19,21,23H,6-9,11-15,17H2,1-5H3,(H,28,29,30)/t18-,19?,21+,23?,26-/m0/s1. The maximum atomic E-state index is 12.0. The number of methoxy groups -OCH3 is 1. The smallest absolute Gasteiger partial charge is 0.397 e. The van der Waals surface area contributed by atoms with E-state index in [2.05, 4.69) is 33.8 Å². The molecule has 5 atom stereocenters. The molecule has 8 heteroatoms. The molecule has 194 valence electrons. The van der Waals surface area contributed by atoms with E-state index in [1.54, 1.807) is 11.6 Å². The third-order valence-electron chi connectivity index (χ3n) is 8.75. The highest BCUT2D eigenvalue weighted by Crippen LogP contribution is 2.58. The van der Waals surface area contributed by atoms with Crippen LogP contribution in [0.25, 0.3) is 0 Å². The maximum Gasteiger partial charge on any atom is 0.397 e. The van der Waals surface area contributed by atoms with Crippen LogP contribution in [0.3, 0.4) is 0 Å². The molecule has 0 saturated heterocycles. The van der Waals surface area contributed by atoms with Gasteiger partial charge in [0.25, 0.3) is 0 Å². The summed E-state index contributed by atoms with van der Waals surface area (Å²) in [4.78, 5) is 12.0. The van der Waals surface area contributed by atoms with Crippen molar-refractivity contribution in [1.29, 1.82) is 0 Å². The Morgan fingerprint density at radius 1 is 1.24 bits per heavy atom. The summed E-state index contributed by atoms with van der Waals surface area (Å²) in [6.07, 6.45) is 12.0. The van der Waals surface area contributed by atoms with Crippen molar-refractivity contribution >= 4 is 16.4 Å². The van der Waals surface area contributed by atoms with Gasteiger partial charge in [0.05, 0.1) is 6.61 Å². The number of carbonyl (C=O) groups excluding carboxylic acids is 1. The Hall–Kier alpha value is -1.22. The molecule has 0 amide bonds. The molecule has 1 aliphatic heterocycles. The molecule has 2 unspecified atom stereocenters. The summed E-state index contributed by atoms with van der Waals surface area (Å²) in [7, 11) is -3.01. The first-order valence-electron chi connectivity index (χ1n) is 12.6. The number of hydrogen-bond donors (Lipinski definition) is 1. The second-order valence-corrected chi connectivity index (χ2v) is 12.4. The lowest BCUT2D eigenvalue weighted by Crippen LogP contribution is -2.43. The highest BCUT2D eigenvalue weighted by atomic mass is 32.3. The minimum atomic E-state index is -4.50. The van der Waals surface area contributed by atoms with Gasteiger partial charge in [0, 0.05) is 12.7 Å². The Balaban J connectivity index is 1.66.